The van der Waals surface area contributed by atoms with Crippen molar-refractivity contribution in [1.82, 2.24) is 10.2 Å². The van der Waals surface area contributed by atoms with Gasteiger partial charge in [-0.25, -0.2) is 9.59 Å². The highest BCUT2D eigenvalue weighted by molar-refractivity contribution is 6.21. The maximum atomic E-state index is 12.3. The number of rotatable bonds is 6. The topological polar surface area (TPSA) is 113 Å². The molecule has 2 rings (SSSR count). The van der Waals surface area contributed by atoms with E-state index < -0.39 is 35.5 Å². The van der Waals surface area contributed by atoms with Gasteiger partial charge in [-0.15, -0.1) is 0 Å². The maximum Gasteiger partial charge on any atom is 0.408 e. The predicted molar refractivity (Wildman–Crippen MR) is 91.8 cm³/mol. The van der Waals surface area contributed by atoms with E-state index in [0.29, 0.717) is 11.1 Å². The fourth-order valence-corrected chi connectivity index (χ4v) is 2.60. The Morgan fingerprint density at radius 3 is 2.15 bits per heavy atom. The van der Waals surface area contributed by atoms with Gasteiger partial charge in [0.05, 0.1) is 11.1 Å². The summed E-state index contributed by atoms with van der Waals surface area (Å²) in [4.78, 5) is 48.6. The Morgan fingerprint density at radius 1 is 1.15 bits per heavy atom. The number of hydrogen-bond donors (Lipinski definition) is 2. The number of amides is 3. The molecule has 1 aromatic rings. The van der Waals surface area contributed by atoms with Crippen LogP contribution >= 0.6 is 0 Å². The van der Waals surface area contributed by atoms with Gasteiger partial charge in [-0.05, 0) is 45.7 Å². The minimum Gasteiger partial charge on any atom is -0.480 e. The van der Waals surface area contributed by atoms with Gasteiger partial charge in [0.15, 0.2) is 0 Å². The molecule has 140 valence electrons. The molecular formula is C18H22N2O6. The predicted octanol–water partition coefficient (Wildman–Crippen LogP) is 2.04. The summed E-state index contributed by atoms with van der Waals surface area (Å²) in [5.74, 6) is -1.99. The normalized spacial score (nSPS) is 14.8. The smallest absolute Gasteiger partial charge is 0.408 e. The van der Waals surface area contributed by atoms with Gasteiger partial charge < -0.3 is 15.2 Å². The third-order valence-corrected chi connectivity index (χ3v) is 3.74. The fraction of sp³-hybridized carbons (Fsp3) is 0.444. The summed E-state index contributed by atoms with van der Waals surface area (Å²) >= 11 is 0. The summed E-state index contributed by atoms with van der Waals surface area (Å²) in [5.41, 5.74) is -0.0499. The first-order valence-corrected chi connectivity index (χ1v) is 8.27. The zero-order chi connectivity index (χ0) is 19.5. The van der Waals surface area contributed by atoms with Gasteiger partial charge in [0.1, 0.15) is 11.6 Å². The number of hydrogen-bond acceptors (Lipinski definition) is 5. The highest BCUT2D eigenvalue weighted by Crippen LogP contribution is 2.22. The number of fused-ring (bicyclic) bond motifs is 1. The molecule has 0 radical (unpaired) electrons. The minimum absolute atomic E-state index is 0.0575. The lowest BCUT2D eigenvalue weighted by atomic mass is 10.1. The van der Waals surface area contributed by atoms with Crippen molar-refractivity contribution in [2.24, 2.45) is 0 Å². The first-order chi connectivity index (χ1) is 12.1. The quantitative estimate of drug-likeness (QED) is 0.749. The Balaban J connectivity index is 1.91. The zero-order valence-corrected chi connectivity index (χ0v) is 14.9. The summed E-state index contributed by atoms with van der Waals surface area (Å²) in [5, 5.41) is 11.5. The average Bonchev–Trinajstić information content (AvgIpc) is 2.77. The number of ether oxygens (including phenoxy) is 1. The lowest BCUT2D eigenvalue weighted by Gasteiger charge is -2.22. The van der Waals surface area contributed by atoms with Gasteiger partial charge in [0.25, 0.3) is 11.8 Å². The summed E-state index contributed by atoms with van der Waals surface area (Å²) in [6, 6.07) is 5.36. The summed E-state index contributed by atoms with van der Waals surface area (Å²) in [7, 11) is 0. The second-order valence-electron chi connectivity index (χ2n) is 6.99. The molecule has 26 heavy (non-hydrogen) atoms. The molecule has 1 atom stereocenters. The largest absolute Gasteiger partial charge is 0.480 e. The summed E-state index contributed by atoms with van der Waals surface area (Å²) in [6.45, 7) is 5.09. The zero-order valence-electron chi connectivity index (χ0n) is 14.9. The molecule has 0 saturated heterocycles. The molecule has 0 aromatic heterocycles. The Labute approximate surface area is 151 Å². The van der Waals surface area contributed by atoms with Gasteiger partial charge in [-0.1, -0.05) is 12.1 Å². The Morgan fingerprint density at radius 2 is 1.69 bits per heavy atom. The molecule has 0 spiro atoms. The number of carbonyl (C=O) groups excluding carboxylic acids is 3. The van der Waals surface area contributed by atoms with Crippen molar-refractivity contribution in [1.29, 1.82) is 0 Å². The van der Waals surface area contributed by atoms with E-state index in [1.54, 1.807) is 45.0 Å². The molecule has 0 saturated carbocycles. The molecule has 1 aliphatic rings. The van der Waals surface area contributed by atoms with Crippen LogP contribution in [0.25, 0.3) is 0 Å². The van der Waals surface area contributed by atoms with Crippen molar-refractivity contribution in [3.05, 3.63) is 35.4 Å². The number of alkyl carbamates (subject to hydrolysis) is 1. The third-order valence-electron chi connectivity index (χ3n) is 3.74. The lowest BCUT2D eigenvalue weighted by Crippen LogP contribution is -2.44. The monoisotopic (exact) mass is 362 g/mol. The van der Waals surface area contributed by atoms with Crippen LogP contribution in [0.5, 0.6) is 0 Å². The molecule has 1 aliphatic heterocycles. The molecular weight excluding hydrogens is 340 g/mol. The highest BCUT2D eigenvalue weighted by atomic mass is 16.6. The van der Waals surface area contributed by atoms with Gasteiger partial charge in [0.2, 0.25) is 0 Å². The third kappa shape index (κ3) is 4.59. The van der Waals surface area contributed by atoms with Gasteiger partial charge in [-0.3, -0.25) is 14.5 Å². The Bertz CT molecular complexity index is 702. The van der Waals surface area contributed by atoms with Crippen LogP contribution in [0.1, 0.15) is 54.3 Å². The number of nitrogens with one attached hydrogen (secondary N) is 1. The highest BCUT2D eigenvalue weighted by Gasteiger charge is 2.35. The molecule has 2 N–H and O–H groups in total. The molecule has 8 nitrogen and oxygen atoms in total. The molecule has 1 aromatic carbocycles. The van der Waals surface area contributed by atoms with Gasteiger partial charge in [0, 0.05) is 6.54 Å². The average molecular weight is 362 g/mol. The first-order valence-electron chi connectivity index (χ1n) is 8.27. The van der Waals surface area contributed by atoms with Crippen molar-refractivity contribution in [3.8, 4) is 0 Å². The number of carboxylic acids is 1. The van der Waals surface area contributed by atoms with E-state index in [9.17, 15) is 24.3 Å². The number of carbonyl (C=O) groups is 4. The number of imide groups is 1. The van der Waals surface area contributed by atoms with E-state index >= 15 is 0 Å². The second kappa shape index (κ2) is 7.55. The maximum absolute atomic E-state index is 12.3. The summed E-state index contributed by atoms with van der Waals surface area (Å²) < 4.78 is 5.04. The van der Waals surface area contributed by atoms with Crippen molar-refractivity contribution in [3.63, 3.8) is 0 Å². The lowest BCUT2D eigenvalue weighted by molar-refractivity contribution is -0.139. The van der Waals surface area contributed by atoms with E-state index in [1.165, 1.54) is 0 Å². The standard InChI is InChI=1S/C18H22N2O6/c1-18(2,3)26-17(25)19-13(16(23)24)9-6-10-20-14(21)11-7-4-5-8-12(11)15(20)22/h4-5,7-8,13H,6,9-10H2,1-3H3,(H,19,25)(H,23,24)/t13-/m1/s1. The molecule has 0 bridgehead atoms. The van der Waals surface area contributed by atoms with Crippen molar-refractivity contribution in [2.75, 3.05) is 6.54 Å². The number of nitrogens with zero attached hydrogens (tertiary/aromatic N) is 1. The second-order valence-corrected chi connectivity index (χ2v) is 6.99. The number of aliphatic carboxylic acids is 1. The summed E-state index contributed by atoms with van der Waals surface area (Å²) in [6.07, 6.45) is -0.536. The van der Waals surface area contributed by atoms with Crippen LogP contribution in [0, 0.1) is 0 Å². The van der Waals surface area contributed by atoms with Gasteiger partial charge >= 0.3 is 12.1 Å². The van der Waals surface area contributed by atoms with Crippen LogP contribution in [-0.2, 0) is 9.53 Å². The molecule has 0 aliphatic carbocycles. The van der Waals surface area contributed by atoms with E-state index in [0.717, 1.165) is 4.90 Å². The number of carboxylic acid groups (broad SMARTS) is 1. The van der Waals surface area contributed by atoms with Crippen LogP contribution in [0.2, 0.25) is 0 Å². The fourth-order valence-electron chi connectivity index (χ4n) is 2.60. The van der Waals surface area contributed by atoms with E-state index in [1.807, 2.05) is 0 Å². The van der Waals surface area contributed by atoms with Crippen LogP contribution in [0.15, 0.2) is 24.3 Å². The molecule has 0 unspecified atom stereocenters. The van der Waals surface area contributed by atoms with E-state index in [-0.39, 0.29) is 19.4 Å². The van der Waals surface area contributed by atoms with Crippen LogP contribution in [-0.4, -0.2) is 52.1 Å². The first kappa shape index (κ1) is 19.4. The van der Waals surface area contributed by atoms with Gasteiger partial charge in [-0.2, -0.15) is 0 Å². The van der Waals surface area contributed by atoms with Crippen LogP contribution in [0.3, 0.4) is 0 Å². The molecule has 1 heterocycles. The van der Waals surface area contributed by atoms with E-state index in [2.05, 4.69) is 5.32 Å². The van der Waals surface area contributed by atoms with Crippen LogP contribution in [0.4, 0.5) is 4.79 Å². The molecule has 8 heteroatoms. The number of benzene rings is 1. The van der Waals surface area contributed by atoms with Crippen molar-refractivity contribution >= 4 is 23.9 Å². The van der Waals surface area contributed by atoms with Crippen LogP contribution < -0.4 is 5.32 Å². The molecule has 3 amide bonds. The Kier molecular flexibility index (Phi) is 5.64. The van der Waals surface area contributed by atoms with E-state index in [4.69, 9.17) is 4.74 Å². The van der Waals surface area contributed by atoms with Crippen molar-refractivity contribution in [2.45, 2.75) is 45.3 Å². The molecule has 0 fully saturated rings. The minimum atomic E-state index is -1.21. The van der Waals surface area contributed by atoms with Crippen molar-refractivity contribution < 1.29 is 29.0 Å². The SMILES string of the molecule is CC(C)(C)OC(=O)N[C@H](CCCN1C(=O)c2ccccc2C1=O)C(=O)O. The Hall–Kier alpha value is -2.90.